The van der Waals surface area contributed by atoms with Crippen molar-refractivity contribution in [3.63, 3.8) is 0 Å². The number of nitrogens with zero attached hydrogens (tertiary/aromatic N) is 3. The fraction of sp³-hybridized carbons (Fsp3) is 0.273. The second-order valence-electron chi connectivity index (χ2n) is 6.94. The van der Waals surface area contributed by atoms with Gasteiger partial charge in [-0.3, -0.25) is 14.2 Å². The summed E-state index contributed by atoms with van der Waals surface area (Å²) in [4.78, 5) is 37.6. The van der Waals surface area contributed by atoms with E-state index in [1.54, 1.807) is 32.4 Å². The van der Waals surface area contributed by atoms with E-state index < -0.39 is 17.2 Å². The minimum Gasteiger partial charge on any atom is -0.493 e. The van der Waals surface area contributed by atoms with Gasteiger partial charge >= 0.3 is 5.69 Å². The molecule has 162 valence electrons. The van der Waals surface area contributed by atoms with E-state index in [4.69, 9.17) is 9.47 Å². The fourth-order valence-electron chi connectivity index (χ4n) is 3.01. The number of aromatic nitrogens is 3. The topological polar surface area (TPSA) is 104 Å². The van der Waals surface area contributed by atoms with Gasteiger partial charge in [-0.2, -0.15) is 9.78 Å². The predicted octanol–water partition coefficient (Wildman–Crippen LogP) is 1.23. The number of rotatable bonds is 7. The highest BCUT2D eigenvalue weighted by atomic mass is 16.5. The molecule has 0 aliphatic heterocycles. The first-order valence-electron chi connectivity index (χ1n) is 9.62. The zero-order chi connectivity index (χ0) is 22.5. The van der Waals surface area contributed by atoms with E-state index in [1.807, 2.05) is 31.2 Å². The Hall–Kier alpha value is -3.88. The molecule has 0 atom stereocenters. The SMILES string of the molecule is COc1ccc(CCNC(=O)c2nn(-c3ccc(C)cc3)c(=O)n(C)c2=O)cc1OC. The molecule has 0 aliphatic rings. The highest BCUT2D eigenvalue weighted by Crippen LogP contribution is 2.27. The number of carbonyl (C=O) groups is 1. The number of ether oxygens (including phenoxy) is 2. The lowest BCUT2D eigenvalue weighted by Gasteiger charge is -2.11. The van der Waals surface area contributed by atoms with E-state index in [-0.39, 0.29) is 12.2 Å². The molecule has 0 saturated carbocycles. The maximum Gasteiger partial charge on any atom is 0.351 e. The number of carbonyl (C=O) groups excluding carboxylic acids is 1. The van der Waals surface area contributed by atoms with E-state index in [0.29, 0.717) is 23.6 Å². The Morgan fingerprint density at radius 3 is 2.35 bits per heavy atom. The van der Waals surface area contributed by atoms with Crippen LogP contribution in [0.5, 0.6) is 11.5 Å². The molecule has 0 spiro atoms. The molecule has 9 heteroatoms. The molecule has 2 aromatic carbocycles. The van der Waals surface area contributed by atoms with Gasteiger partial charge < -0.3 is 14.8 Å². The van der Waals surface area contributed by atoms with Crippen LogP contribution in [0.2, 0.25) is 0 Å². The zero-order valence-electron chi connectivity index (χ0n) is 17.8. The Balaban J connectivity index is 1.79. The van der Waals surface area contributed by atoms with E-state index in [9.17, 15) is 14.4 Å². The molecular formula is C22H24N4O5. The van der Waals surface area contributed by atoms with E-state index in [1.165, 1.54) is 7.05 Å². The number of amides is 1. The standard InChI is InChI=1S/C22H24N4O5/c1-14-5-8-16(9-6-14)26-22(29)25(2)21(28)19(24-26)20(27)23-12-11-15-7-10-17(30-3)18(13-15)31-4/h5-10,13H,11-12H2,1-4H3,(H,23,27). The van der Waals surface area contributed by atoms with Crippen LogP contribution in [-0.4, -0.2) is 41.0 Å². The molecule has 0 aliphatic carbocycles. The molecular weight excluding hydrogens is 400 g/mol. The number of aryl methyl sites for hydroxylation is 1. The van der Waals surface area contributed by atoms with E-state index >= 15 is 0 Å². The summed E-state index contributed by atoms with van der Waals surface area (Å²) in [5, 5.41) is 6.72. The minimum atomic E-state index is -0.753. The third-order valence-corrected chi connectivity index (χ3v) is 4.82. The van der Waals surface area contributed by atoms with Gasteiger partial charge in [-0.25, -0.2) is 4.79 Å². The van der Waals surface area contributed by atoms with Crippen molar-refractivity contribution in [3.8, 4) is 17.2 Å². The Kier molecular flexibility index (Phi) is 6.54. The quantitative estimate of drug-likeness (QED) is 0.612. The van der Waals surface area contributed by atoms with Crippen molar-refractivity contribution in [2.75, 3.05) is 20.8 Å². The maximum atomic E-state index is 12.6. The lowest BCUT2D eigenvalue weighted by Crippen LogP contribution is -2.44. The van der Waals surface area contributed by atoms with Crippen molar-refractivity contribution in [2.24, 2.45) is 7.05 Å². The Morgan fingerprint density at radius 1 is 1.03 bits per heavy atom. The van der Waals surface area contributed by atoms with Crippen LogP contribution in [0.25, 0.3) is 5.69 Å². The smallest absolute Gasteiger partial charge is 0.351 e. The van der Waals surface area contributed by atoms with Crippen LogP contribution in [0.15, 0.2) is 52.1 Å². The van der Waals surface area contributed by atoms with Gasteiger partial charge in [-0.15, -0.1) is 0 Å². The van der Waals surface area contributed by atoms with Gasteiger partial charge in [0.05, 0.1) is 19.9 Å². The number of hydrogen-bond donors (Lipinski definition) is 1. The molecule has 1 amide bonds. The molecule has 31 heavy (non-hydrogen) atoms. The summed E-state index contributed by atoms with van der Waals surface area (Å²) in [6.45, 7) is 2.18. The van der Waals surface area contributed by atoms with Gasteiger partial charge in [-0.1, -0.05) is 23.8 Å². The first-order chi connectivity index (χ1) is 14.8. The molecule has 0 bridgehead atoms. The Labute approximate surface area is 178 Å². The predicted molar refractivity (Wildman–Crippen MR) is 115 cm³/mol. The van der Waals surface area contributed by atoms with Crippen molar-refractivity contribution >= 4 is 5.91 Å². The van der Waals surface area contributed by atoms with E-state index in [0.717, 1.165) is 20.4 Å². The largest absolute Gasteiger partial charge is 0.493 e. The monoisotopic (exact) mass is 424 g/mol. The summed E-state index contributed by atoms with van der Waals surface area (Å²) < 4.78 is 12.4. The van der Waals surface area contributed by atoms with Crippen LogP contribution in [0.4, 0.5) is 0 Å². The molecule has 0 fully saturated rings. The summed E-state index contributed by atoms with van der Waals surface area (Å²) in [6, 6.07) is 12.5. The van der Waals surface area contributed by atoms with Crippen molar-refractivity contribution in [1.29, 1.82) is 0 Å². The van der Waals surface area contributed by atoms with Crippen LogP contribution in [0.1, 0.15) is 21.6 Å². The average molecular weight is 424 g/mol. The first kappa shape index (κ1) is 21.8. The average Bonchev–Trinajstić information content (AvgIpc) is 2.78. The van der Waals surface area contributed by atoms with Gasteiger partial charge in [0.2, 0.25) is 5.69 Å². The molecule has 3 aromatic rings. The summed E-state index contributed by atoms with van der Waals surface area (Å²) in [5.74, 6) is 0.551. The number of methoxy groups -OCH3 is 2. The van der Waals surface area contributed by atoms with Crippen LogP contribution >= 0.6 is 0 Å². The Morgan fingerprint density at radius 2 is 1.71 bits per heavy atom. The minimum absolute atomic E-state index is 0.267. The summed E-state index contributed by atoms with van der Waals surface area (Å²) in [7, 11) is 4.42. The molecule has 9 nitrogen and oxygen atoms in total. The van der Waals surface area contributed by atoms with Gasteiger partial charge in [0, 0.05) is 13.6 Å². The molecule has 1 heterocycles. The van der Waals surface area contributed by atoms with Crippen LogP contribution in [-0.2, 0) is 13.5 Å². The molecule has 3 rings (SSSR count). The Bertz CT molecular complexity index is 1210. The van der Waals surface area contributed by atoms with Crippen molar-refractivity contribution in [1.82, 2.24) is 19.7 Å². The van der Waals surface area contributed by atoms with Gasteiger partial charge in [0.25, 0.3) is 11.5 Å². The van der Waals surface area contributed by atoms with E-state index in [2.05, 4.69) is 10.4 Å². The molecule has 0 saturated heterocycles. The van der Waals surface area contributed by atoms with Crippen molar-refractivity contribution in [3.05, 3.63) is 80.1 Å². The van der Waals surface area contributed by atoms with Crippen LogP contribution in [0.3, 0.4) is 0 Å². The normalized spacial score (nSPS) is 10.6. The fourth-order valence-corrected chi connectivity index (χ4v) is 3.01. The molecule has 1 aromatic heterocycles. The molecule has 1 N–H and O–H groups in total. The summed E-state index contributed by atoms with van der Waals surface area (Å²) in [6.07, 6.45) is 0.504. The first-order valence-corrected chi connectivity index (χ1v) is 9.62. The van der Waals surface area contributed by atoms with Crippen LogP contribution < -0.4 is 26.0 Å². The highest BCUT2D eigenvalue weighted by molar-refractivity contribution is 5.91. The highest BCUT2D eigenvalue weighted by Gasteiger charge is 2.18. The number of hydrogen-bond acceptors (Lipinski definition) is 6. The lowest BCUT2D eigenvalue weighted by molar-refractivity contribution is 0.0944. The second-order valence-corrected chi connectivity index (χ2v) is 6.94. The third-order valence-electron chi connectivity index (χ3n) is 4.82. The third kappa shape index (κ3) is 4.66. The molecule has 0 radical (unpaired) electrons. The lowest BCUT2D eigenvalue weighted by atomic mass is 10.1. The molecule has 0 unspecified atom stereocenters. The van der Waals surface area contributed by atoms with Crippen molar-refractivity contribution < 1.29 is 14.3 Å². The van der Waals surface area contributed by atoms with Crippen LogP contribution in [0, 0.1) is 6.92 Å². The van der Waals surface area contributed by atoms with Crippen molar-refractivity contribution in [2.45, 2.75) is 13.3 Å². The summed E-state index contributed by atoms with van der Waals surface area (Å²) in [5.41, 5.74) is 0.659. The van der Waals surface area contributed by atoms with Gasteiger partial charge in [-0.05, 0) is 43.2 Å². The van der Waals surface area contributed by atoms with Gasteiger partial charge in [0.1, 0.15) is 0 Å². The van der Waals surface area contributed by atoms with Gasteiger partial charge in [0.15, 0.2) is 11.5 Å². The second kappa shape index (κ2) is 9.29. The number of nitrogens with one attached hydrogen (secondary N) is 1. The number of benzene rings is 2. The maximum absolute atomic E-state index is 12.6. The zero-order valence-corrected chi connectivity index (χ0v) is 17.8. The summed E-state index contributed by atoms with van der Waals surface area (Å²) >= 11 is 0.